The van der Waals surface area contributed by atoms with Crippen molar-refractivity contribution in [2.45, 2.75) is 6.92 Å². The Morgan fingerprint density at radius 2 is 2.08 bits per heavy atom. The van der Waals surface area contributed by atoms with Crippen LogP contribution in [0.2, 0.25) is 0 Å². The van der Waals surface area contributed by atoms with E-state index in [1.54, 1.807) is 18.2 Å². The molecule has 0 aliphatic carbocycles. The van der Waals surface area contributed by atoms with E-state index >= 15 is 0 Å². The van der Waals surface area contributed by atoms with Gasteiger partial charge in [-0.05, 0) is 64.3 Å². The van der Waals surface area contributed by atoms with Crippen LogP contribution in [0.15, 0.2) is 45.7 Å². The number of hydrogen-bond donors (Lipinski definition) is 2. The van der Waals surface area contributed by atoms with Gasteiger partial charge in [-0.15, -0.1) is 0 Å². The third-order valence-electron chi connectivity index (χ3n) is 3.85. The molecule has 1 heterocycles. The molecule has 2 aromatic carbocycles. The number of ether oxygens (including phenoxy) is 1. The zero-order valence-electron chi connectivity index (χ0n) is 13.8. The Labute approximate surface area is 152 Å². The molecule has 25 heavy (non-hydrogen) atoms. The number of phenols is 1. The molecule has 5 nitrogen and oxygen atoms in total. The zero-order valence-corrected chi connectivity index (χ0v) is 15.4. The lowest BCUT2D eigenvalue weighted by molar-refractivity contribution is 0.372. The lowest BCUT2D eigenvalue weighted by atomic mass is 10.1. The average Bonchev–Trinajstić information content (AvgIpc) is 2.86. The molecule has 0 spiro atoms. The molecular weight excluding hydrogens is 384 g/mol. The molecule has 1 aromatic heterocycles. The first-order valence-electron chi connectivity index (χ1n) is 7.56. The first kappa shape index (κ1) is 17.1. The molecule has 0 saturated carbocycles. The SMILES string of the molecule is C=c1[nH]n(-c2cccc(C)c2)c(=O)/c1=C/c1cc(Br)c(O)c(OC)c1. The highest BCUT2D eigenvalue weighted by Gasteiger charge is 2.09. The van der Waals surface area contributed by atoms with Gasteiger partial charge in [0.1, 0.15) is 0 Å². The lowest BCUT2D eigenvalue weighted by Gasteiger charge is -2.06. The highest BCUT2D eigenvalue weighted by Crippen LogP contribution is 2.35. The van der Waals surface area contributed by atoms with Crippen molar-refractivity contribution in [3.63, 3.8) is 0 Å². The van der Waals surface area contributed by atoms with Gasteiger partial charge >= 0.3 is 0 Å². The Kier molecular flexibility index (Phi) is 4.55. The number of methoxy groups -OCH3 is 1. The van der Waals surface area contributed by atoms with Crippen LogP contribution in [0.25, 0.3) is 18.3 Å². The van der Waals surface area contributed by atoms with E-state index in [0.717, 1.165) is 11.3 Å². The van der Waals surface area contributed by atoms with Crippen LogP contribution in [0, 0.1) is 6.92 Å². The molecule has 0 unspecified atom stereocenters. The standard InChI is InChI=1S/C19H17BrN2O3/c1-11-5-4-6-14(7-11)22-19(24)15(12(2)21-22)8-13-9-16(20)18(23)17(10-13)25-3/h4-10,21,23H,2H2,1,3H3/b15-8+. The van der Waals surface area contributed by atoms with E-state index < -0.39 is 0 Å². The van der Waals surface area contributed by atoms with Gasteiger partial charge in [0.25, 0.3) is 5.56 Å². The summed E-state index contributed by atoms with van der Waals surface area (Å²) in [7, 11) is 1.47. The summed E-state index contributed by atoms with van der Waals surface area (Å²) in [5, 5.41) is 13.9. The first-order valence-corrected chi connectivity index (χ1v) is 8.35. The second-order valence-electron chi connectivity index (χ2n) is 5.68. The van der Waals surface area contributed by atoms with Crippen LogP contribution in [-0.2, 0) is 0 Å². The first-order chi connectivity index (χ1) is 11.9. The molecule has 0 atom stereocenters. The number of phenolic OH excluding ortho intramolecular Hbond substituents is 1. The topological polar surface area (TPSA) is 67.2 Å². The van der Waals surface area contributed by atoms with Crippen LogP contribution in [0.5, 0.6) is 11.5 Å². The van der Waals surface area contributed by atoms with Crippen LogP contribution < -0.4 is 20.9 Å². The van der Waals surface area contributed by atoms with Crippen LogP contribution >= 0.6 is 15.9 Å². The molecule has 2 N–H and O–H groups in total. The van der Waals surface area contributed by atoms with Crippen LogP contribution in [0.1, 0.15) is 11.1 Å². The number of halogens is 1. The van der Waals surface area contributed by atoms with Crippen molar-refractivity contribution < 1.29 is 9.84 Å². The molecule has 128 valence electrons. The smallest absolute Gasteiger partial charge is 0.279 e. The molecule has 0 radical (unpaired) electrons. The van der Waals surface area contributed by atoms with Gasteiger partial charge in [-0.1, -0.05) is 18.7 Å². The highest BCUT2D eigenvalue weighted by atomic mass is 79.9. The summed E-state index contributed by atoms with van der Waals surface area (Å²) in [6.45, 7) is 5.90. The molecule has 0 aliphatic heterocycles. The number of rotatable bonds is 3. The van der Waals surface area contributed by atoms with Gasteiger partial charge < -0.3 is 9.84 Å². The summed E-state index contributed by atoms with van der Waals surface area (Å²) < 4.78 is 7.10. The summed E-state index contributed by atoms with van der Waals surface area (Å²) in [5.74, 6) is 0.335. The third-order valence-corrected chi connectivity index (χ3v) is 4.45. The number of benzene rings is 2. The van der Waals surface area contributed by atoms with Gasteiger partial charge in [-0.2, -0.15) is 0 Å². The molecule has 0 aliphatic rings. The number of aromatic nitrogens is 2. The maximum Gasteiger partial charge on any atom is 0.279 e. The summed E-state index contributed by atoms with van der Waals surface area (Å²) in [5.41, 5.74) is 2.32. The Morgan fingerprint density at radius 3 is 2.76 bits per heavy atom. The van der Waals surface area contributed by atoms with Crippen molar-refractivity contribution in [2.75, 3.05) is 7.11 Å². The minimum Gasteiger partial charge on any atom is -0.503 e. The van der Waals surface area contributed by atoms with E-state index in [4.69, 9.17) is 4.74 Å². The number of nitrogens with zero attached hydrogens (tertiary/aromatic N) is 1. The predicted octanol–water partition coefficient (Wildman–Crippen LogP) is 2.19. The highest BCUT2D eigenvalue weighted by molar-refractivity contribution is 9.10. The van der Waals surface area contributed by atoms with Crippen molar-refractivity contribution in [3.8, 4) is 17.2 Å². The van der Waals surface area contributed by atoms with Crippen LogP contribution in [0.3, 0.4) is 0 Å². The molecule has 3 aromatic rings. The van der Waals surface area contributed by atoms with Gasteiger partial charge in [0.2, 0.25) is 0 Å². The molecule has 0 bridgehead atoms. The van der Waals surface area contributed by atoms with Crippen LogP contribution in [0.4, 0.5) is 0 Å². The number of nitrogens with one attached hydrogen (secondary N) is 1. The molecule has 6 heteroatoms. The third kappa shape index (κ3) is 3.25. The fourth-order valence-corrected chi connectivity index (χ4v) is 3.05. The largest absolute Gasteiger partial charge is 0.503 e. The molecule has 0 saturated heterocycles. The predicted molar refractivity (Wildman–Crippen MR) is 102 cm³/mol. The van der Waals surface area contributed by atoms with E-state index in [9.17, 15) is 9.90 Å². The molecule has 0 fully saturated rings. The summed E-state index contributed by atoms with van der Waals surface area (Å²) >= 11 is 3.28. The average molecular weight is 401 g/mol. The van der Waals surface area contributed by atoms with Crippen molar-refractivity contribution in [1.29, 1.82) is 0 Å². The van der Waals surface area contributed by atoms with Gasteiger partial charge in [0.05, 0.1) is 27.8 Å². The number of aromatic hydroxyl groups is 1. The number of hydrogen-bond acceptors (Lipinski definition) is 3. The maximum atomic E-state index is 12.8. The van der Waals surface area contributed by atoms with E-state index in [1.165, 1.54) is 11.8 Å². The van der Waals surface area contributed by atoms with Gasteiger partial charge in [0, 0.05) is 0 Å². The van der Waals surface area contributed by atoms with Gasteiger partial charge in [0.15, 0.2) is 11.5 Å². The fourth-order valence-electron chi connectivity index (χ4n) is 2.59. The fraction of sp³-hybridized carbons (Fsp3) is 0.105. The number of aryl methyl sites for hydroxylation is 1. The van der Waals surface area contributed by atoms with Crippen molar-refractivity contribution >= 4 is 28.6 Å². The van der Waals surface area contributed by atoms with E-state index in [1.807, 2.05) is 31.2 Å². The quantitative estimate of drug-likeness (QED) is 0.707. The zero-order chi connectivity index (χ0) is 18.1. The van der Waals surface area contributed by atoms with Gasteiger partial charge in [-0.3, -0.25) is 9.89 Å². The minimum atomic E-state index is -0.196. The monoisotopic (exact) mass is 400 g/mol. The molecule has 0 amide bonds. The number of aromatic amines is 1. The normalized spacial score (nSPS) is 11.7. The maximum absolute atomic E-state index is 12.8. The molecular formula is C19H17BrN2O3. The lowest BCUT2D eigenvalue weighted by Crippen LogP contribution is -2.33. The van der Waals surface area contributed by atoms with Gasteiger partial charge in [-0.25, -0.2) is 4.68 Å². The van der Waals surface area contributed by atoms with Crippen molar-refractivity contribution in [2.24, 2.45) is 0 Å². The Morgan fingerprint density at radius 1 is 1.32 bits per heavy atom. The van der Waals surface area contributed by atoms with Crippen molar-refractivity contribution in [1.82, 2.24) is 9.78 Å². The Bertz CT molecular complexity index is 1110. The molecule has 3 rings (SSSR count). The van der Waals surface area contributed by atoms with E-state index in [2.05, 4.69) is 27.6 Å². The second kappa shape index (κ2) is 6.64. The minimum absolute atomic E-state index is 0.0146. The second-order valence-corrected chi connectivity index (χ2v) is 6.54. The van der Waals surface area contributed by atoms with Crippen LogP contribution in [-0.4, -0.2) is 22.0 Å². The summed E-state index contributed by atoms with van der Waals surface area (Å²) in [6.07, 6.45) is 1.71. The Hall–Kier alpha value is -2.73. The number of H-pyrrole nitrogens is 1. The Balaban J connectivity index is 2.20. The van der Waals surface area contributed by atoms with E-state index in [-0.39, 0.29) is 11.3 Å². The van der Waals surface area contributed by atoms with Crippen molar-refractivity contribution in [3.05, 3.63) is 72.9 Å². The summed E-state index contributed by atoms with van der Waals surface area (Å²) in [6, 6.07) is 11.0. The summed E-state index contributed by atoms with van der Waals surface area (Å²) in [4.78, 5) is 12.8. The van der Waals surface area contributed by atoms with E-state index in [0.29, 0.717) is 26.4 Å².